The highest BCUT2D eigenvalue weighted by molar-refractivity contribution is 5.88. The lowest BCUT2D eigenvalue weighted by Gasteiger charge is -2.45. The summed E-state index contributed by atoms with van der Waals surface area (Å²) < 4.78 is 28.9. The van der Waals surface area contributed by atoms with Gasteiger partial charge in [0.05, 0.1) is 16.8 Å². The van der Waals surface area contributed by atoms with Gasteiger partial charge in [0, 0.05) is 32.4 Å². The molecule has 1 saturated heterocycles. The summed E-state index contributed by atoms with van der Waals surface area (Å²) in [5, 5.41) is 16.4. The van der Waals surface area contributed by atoms with Crippen LogP contribution in [0.3, 0.4) is 0 Å². The number of carbonyl (C=O) groups is 1. The molecule has 35 heavy (non-hydrogen) atoms. The molecule has 5 rings (SSSR count). The highest BCUT2D eigenvalue weighted by Gasteiger charge is 2.44. The summed E-state index contributed by atoms with van der Waals surface area (Å²) >= 11 is 0. The molecule has 2 aliphatic rings. The van der Waals surface area contributed by atoms with Crippen LogP contribution in [0, 0.1) is 11.6 Å². The van der Waals surface area contributed by atoms with Gasteiger partial charge in [-0.2, -0.15) is 0 Å². The Bertz CT molecular complexity index is 1280. The summed E-state index contributed by atoms with van der Waals surface area (Å²) in [7, 11) is 3.73. The number of likely N-dealkylation sites (N-methyl/N-ethyl adjacent to an activating group) is 2. The fourth-order valence-corrected chi connectivity index (χ4v) is 4.67. The quantitative estimate of drug-likeness (QED) is 0.529. The van der Waals surface area contributed by atoms with E-state index in [1.54, 1.807) is 11.9 Å². The van der Waals surface area contributed by atoms with Crippen LogP contribution in [-0.2, 0) is 16.9 Å². The number of anilines is 2. The number of benzene rings is 2. The highest BCUT2D eigenvalue weighted by Crippen LogP contribution is 2.36. The van der Waals surface area contributed by atoms with Crippen LogP contribution in [0.4, 0.5) is 20.3 Å². The lowest BCUT2D eigenvalue weighted by Crippen LogP contribution is -2.60. The molecule has 2 unspecified atom stereocenters. The van der Waals surface area contributed by atoms with Gasteiger partial charge in [-0.3, -0.25) is 15.0 Å². The number of fused-ring (bicyclic) bond motifs is 1. The molecule has 3 N–H and O–H groups in total. The molecular formula is C25H26F2N6O2. The van der Waals surface area contributed by atoms with E-state index >= 15 is 0 Å². The van der Waals surface area contributed by atoms with Gasteiger partial charge in [-0.15, -0.1) is 0 Å². The van der Waals surface area contributed by atoms with Crippen LogP contribution < -0.4 is 10.6 Å². The number of rotatable bonds is 4. The molecule has 0 bridgehead atoms. The van der Waals surface area contributed by atoms with Gasteiger partial charge >= 0.3 is 0 Å². The summed E-state index contributed by atoms with van der Waals surface area (Å²) in [5.41, 5.74) is 1.23. The molecule has 2 aliphatic heterocycles. The second-order valence-electron chi connectivity index (χ2n) is 9.06. The molecule has 10 heteroatoms. The second-order valence-corrected chi connectivity index (χ2v) is 9.06. The minimum atomic E-state index is -1.02. The molecule has 182 valence electrons. The minimum absolute atomic E-state index is 0.0198. The van der Waals surface area contributed by atoms with Crippen LogP contribution >= 0.6 is 0 Å². The zero-order valence-corrected chi connectivity index (χ0v) is 19.6. The van der Waals surface area contributed by atoms with Crippen molar-refractivity contribution in [2.75, 3.05) is 32.5 Å². The van der Waals surface area contributed by atoms with Crippen molar-refractivity contribution in [3.05, 3.63) is 70.9 Å². The number of aliphatic hydroxyl groups is 1. The molecule has 2 atom stereocenters. The van der Waals surface area contributed by atoms with Crippen molar-refractivity contribution in [1.29, 1.82) is 0 Å². The Morgan fingerprint density at radius 2 is 1.77 bits per heavy atom. The Kier molecular flexibility index (Phi) is 5.74. The minimum Gasteiger partial charge on any atom is -0.374 e. The maximum absolute atomic E-state index is 14.4. The summed E-state index contributed by atoms with van der Waals surface area (Å²) in [6.07, 6.45) is -1.02. The zero-order valence-electron chi connectivity index (χ0n) is 19.6. The molecule has 1 aromatic heterocycles. The van der Waals surface area contributed by atoms with Gasteiger partial charge in [0.25, 0.3) is 0 Å². The number of aliphatic hydroxyl groups excluding tert-OH is 1. The van der Waals surface area contributed by atoms with Crippen molar-refractivity contribution in [3.8, 4) is 11.4 Å². The van der Waals surface area contributed by atoms with Crippen LogP contribution in [0.1, 0.15) is 30.0 Å². The van der Waals surface area contributed by atoms with E-state index in [1.165, 1.54) is 6.07 Å². The molecule has 0 aliphatic carbocycles. The molecule has 0 radical (unpaired) electrons. The van der Waals surface area contributed by atoms with E-state index in [4.69, 9.17) is 0 Å². The standard InChI is InChI=1S/C25H26F2N6O2/c1-25(24(35)32(2)11-12-33(25)3)14-7-9-15(10-8-14)29-22-20-18(13-28-23(20)34)30-21(31-22)19-16(26)5-4-6-17(19)27/h4-10,23,28,34H,11-13H2,1-3H3,(H,29,30,31). The Labute approximate surface area is 201 Å². The number of piperazine rings is 1. The van der Waals surface area contributed by atoms with Crippen LogP contribution in [0.2, 0.25) is 0 Å². The zero-order chi connectivity index (χ0) is 24.9. The van der Waals surface area contributed by atoms with E-state index in [2.05, 4.69) is 20.6 Å². The van der Waals surface area contributed by atoms with Crippen LogP contribution in [-0.4, -0.2) is 58.0 Å². The van der Waals surface area contributed by atoms with Gasteiger partial charge in [0.2, 0.25) is 5.91 Å². The van der Waals surface area contributed by atoms with E-state index in [-0.39, 0.29) is 29.7 Å². The third kappa shape index (κ3) is 3.83. The Balaban J connectivity index is 1.51. The molecular weight excluding hydrogens is 454 g/mol. The SMILES string of the molecule is CN1CCN(C)C(C)(c2ccc(Nc3nc(-c4c(F)cccc4F)nc4c3C(O)NC4)cc2)C1=O. The van der Waals surface area contributed by atoms with Crippen molar-refractivity contribution in [3.63, 3.8) is 0 Å². The van der Waals surface area contributed by atoms with Crippen molar-refractivity contribution in [2.45, 2.75) is 25.2 Å². The molecule has 8 nitrogen and oxygen atoms in total. The molecule has 3 aromatic rings. The van der Waals surface area contributed by atoms with Crippen molar-refractivity contribution in [1.82, 2.24) is 25.1 Å². The molecule has 1 amide bonds. The number of carbonyl (C=O) groups excluding carboxylic acids is 1. The smallest absolute Gasteiger partial charge is 0.247 e. The summed E-state index contributed by atoms with van der Waals surface area (Å²) in [5.74, 6) is -1.39. The van der Waals surface area contributed by atoms with E-state index < -0.39 is 23.4 Å². The Hall–Kier alpha value is -3.47. The predicted octanol–water partition coefficient (Wildman–Crippen LogP) is 2.88. The third-order valence-electron chi connectivity index (χ3n) is 6.95. The number of halogens is 2. The summed E-state index contributed by atoms with van der Waals surface area (Å²) in [6.45, 7) is 3.56. The third-order valence-corrected chi connectivity index (χ3v) is 6.95. The topological polar surface area (TPSA) is 93.6 Å². The molecule has 2 aromatic carbocycles. The largest absolute Gasteiger partial charge is 0.374 e. The lowest BCUT2D eigenvalue weighted by molar-refractivity contribution is -0.147. The number of nitrogens with zero attached hydrogens (tertiary/aromatic N) is 4. The van der Waals surface area contributed by atoms with Crippen LogP contribution in [0.15, 0.2) is 42.5 Å². The molecule has 0 spiro atoms. The fraction of sp³-hybridized carbons (Fsp3) is 0.320. The van der Waals surface area contributed by atoms with E-state index in [9.17, 15) is 18.7 Å². The van der Waals surface area contributed by atoms with Crippen molar-refractivity contribution in [2.24, 2.45) is 0 Å². The first-order chi connectivity index (χ1) is 16.7. The lowest BCUT2D eigenvalue weighted by atomic mass is 9.87. The summed E-state index contributed by atoms with van der Waals surface area (Å²) in [6, 6.07) is 10.9. The number of hydrogen-bond donors (Lipinski definition) is 3. The molecule has 3 heterocycles. The van der Waals surface area contributed by atoms with Gasteiger partial charge in [-0.05, 0) is 43.8 Å². The predicted molar refractivity (Wildman–Crippen MR) is 127 cm³/mol. The van der Waals surface area contributed by atoms with Gasteiger partial charge in [-0.1, -0.05) is 18.2 Å². The molecule has 0 saturated carbocycles. The van der Waals surface area contributed by atoms with E-state index in [1.807, 2.05) is 43.1 Å². The van der Waals surface area contributed by atoms with Gasteiger partial charge in [0.1, 0.15) is 29.2 Å². The second kappa shape index (κ2) is 8.63. The van der Waals surface area contributed by atoms with Crippen LogP contribution in [0.5, 0.6) is 0 Å². The fourth-order valence-electron chi connectivity index (χ4n) is 4.67. The van der Waals surface area contributed by atoms with Crippen molar-refractivity contribution < 1.29 is 18.7 Å². The van der Waals surface area contributed by atoms with Crippen LogP contribution in [0.25, 0.3) is 11.4 Å². The van der Waals surface area contributed by atoms with Gasteiger partial charge in [-0.25, -0.2) is 18.7 Å². The average Bonchev–Trinajstić information content (AvgIpc) is 3.21. The number of aromatic nitrogens is 2. The van der Waals surface area contributed by atoms with Gasteiger partial charge < -0.3 is 15.3 Å². The number of nitrogens with one attached hydrogen (secondary N) is 2. The molecule has 1 fully saturated rings. The maximum atomic E-state index is 14.4. The maximum Gasteiger partial charge on any atom is 0.247 e. The summed E-state index contributed by atoms with van der Waals surface area (Å²) in [4.78, 5) is 25.4. The highest BCUT2D eigenvalue weighted by atomic mass is 19.1. The van der Waals surface area contributed by atoms with E-state index in [0.717, 1.165) is 24.2 Å². The number of hydrogen-bond acceptors (Lipinski definition) is 7. The first-order valence-corrected chi connectivity index (χ1v) is 11.3. The van der Waals surface area contributed by atoms with E-state index in [0.29, 0.717) is 23.5 Å². The average molecular weight is 481 g/mol. The Morgan fingerprint density at radius 3 is 2.46 bits per heavy atom. The normalized spacial score (nSPS) is 22.4. The van der Waals surface area contributed by atoms with Crippen molar-refractivity contribution >= 4 is 17.4 Å². The number of amides is 1. The first kappa shape index (κ1) is 23.3. The Morgan fingerprint density at radius 1 is 1.09 bits per heavy atom. The van der Waals surface area contributed by atoms with Gasteiger partial charge in [0.15, 0.2) is 5.82 Å². The first-order valence-electron chi connectivity index (χ1n) is 11.3. The monoisotopic (exact) mass is 480 g/mol.